The monoisotopic (exact) mass is 203 g/mol. The second-order valence-electron chi connectivity index (χ2n) is 3.77. The Hall–Kier alpha value is -0.160. The van der Waals surface area contributed by atoms with Crippen molar-refractivity contribution in [2.75, 3.05) is 34.4 Å². The molecule has 84 valence electrons. The van der Waals surface area contributed by atoms with Gasteiger partial charge in [0.1, 0.15) is 0 Å². The fourth-order valence-corrected chi connectivity index (χ4v) is 1.92. The predicted molar refractivity (Wildman–Crippen MR) is 54.3 cm³/mol. The van der Waals surface area contributed by atoms with Gasteiger partial charge in [0, 0.05) is 33.4 Å². The maximum Gasteiger partial charge on any atom is 0.169 e. The number of hydrogen-bond acceptors (Lipinski definition) is 4. The Labute approximate surface area is 86.1 Å². The molecule has 1 fully saturated rings. The Morgan fingerprint density at radius 2 is 2.07 bits per heavy atom. The highest BCUT2D eigenvalue weighted by Gasteiger charge is 2.28. The van der Waals surface area contributed by atoms with Crippen LogP contribution in [0.15, 0.2) is 0 Å². The van der Waals surface area contributed by atoms with Crippen LogP contribution in [0.25, 0.3) is 0 Å². The Morgan fingerprint density at radius 3 is 2.50 bits per heavy atom. The van der Waals surface area contributed by atoms with Gasteiger partial charge in [0.15, 0.2) is 6.29 Å². The second kappa shape index (κ2) is 5.66. The summed E-state index contributed by atoms with van der Waals surface area (Å²) in [6, 6.07) is 0.489. The third-order valence-electron chi connectivity index (χ3n) is 2.87. The molecule has 0 saturated carbocycles. The lowest BCUT2D eigenvalue weighted by Gasteiger charge is -2.29. The molecular formula is C10H21NO3. The van der Waals surface area contributed by atoms with Crippen LogP contribution in [0, 0.1) is 0 Å². The Bertz CT molecular complexity index is 161. The summed E-state index contributed by atoms with van der Waals surface area (Å²) in [6.07, 6.45) is 1.26. The summed E-state index contributed by atoms with van der Waals surface area (Å²) in [5, 5.41) is 0. The van der Waals surface area contributed by atoms with Crippen molar-refractivity contribution >= 4 is 0 Å². The van der Waals surface area contributed by atoms with Crippen LogP contribution in [0.4, 0.5) is 0 Å². The first-order valence-corrected chi connectivity index (χ1v) is 5.06. The molecule has 1 heterocycles. The van der Waals surface area contributed by atoms with E-state index in [2.05, 4.69) is 18.9 Å². The normalized spacial score (nSPS) is 27.9. The summed E-state index contributed by atoms with van der Waals surface area (Å²) >= 11 is 0. The van der Waals surface area contributed by atoms with Gasteiger partial charge in [-0.25, -0.2) is 0 Å². The number of ether oxygens (including phenoxy) is 3. The van der Waals surface area contributed by atoms with Crippen molar-refractivity contribution < 1.29 is 14.2 Å². The highest BCUT2D eigenvalue weighted by molar-refractivity contribution is 4.80. The van der Waals surface area contributed by atoms with Crippen molar-refractivity contribution in [3.8, 4) is 0 Å². The molecule has 0 aromatic heterocycles. The lowest BCUT2D eigenvalue weighted by atomic mass is 10.1. The summed E-state index contributed by atoms with van der Waals surface area (Å²) in [6.45, 7) is 3.76. The first-order valence-electron chi connectivity index (χ1n) is 5.06. The van der Waals surface area contributed by atoms with E-state index < -0.39 is 0 Å². The molecule has 2 atom stereocenters. The van der Waals surface area contributed by atoms with Gasteiger partial charge >= 0.3 is 0 Å². The third kappa shape index (κ3) is 2.92. The largest absolute Gasteiger partial charge is 0.377 e. The van der Waals surface area contributed by atoms with E-state index in [9.17, 15) is 0 Å². The van der Waals surface area contributed by atoms with Gasteiger partial charge < -0.3 is 14.2 Å². The van der Waals surface area contributed by atoms with Crippen LogP contribution in [0.1, 0.15) is 13.3 Å². The third-order valence-corrected chi connectivity index (χ3v) is 2.87. The maximum atomic E-state index is 5.51. The van der Waals surface area contributed by atoms with Gasteiger partial charge in [-0.15, -0.1) is 0 Å². The summed E-state index contributed by atoms with van der Waals surface area (Å²) < 4.78 is 15.8. The molecule has 2 unspecified atom stereocenters. The fourth-order valence-electron chi connectivity index (χ4n) is 1.92. The molecule has 0 bridgehead atoms. The molecule has 0 N–H and O–H groups in total. The van der Waals surface area contributed by atoms with Crippen LogP contribution >= 0.6 is 0 Å². The van der Waals surface area contributed by atoms with Gasteiger partial charge in [-0.2, -0.15) is 0 Å². The smallest absolute Gasteiger partial charge is 0.169 e. The van der Waals surface area contributed by atoms with Crippen LogP contribution in [0.5, 0.6) is 0 Å². The van der Waals surface area contributed by atoms with Crippen LogP contribution < -0.4 is 0 Å². The predicted octanol–water partition coefficient (Wildman–Crippen LogP) is 0.714. The second-order valence-corrected chi connectivity index (χ2v) is 3.77. The highest BCUT2D eigenvalue weighted by atomic mass is 16.7. The molecule has 0 aromatic rings. The van der Waals surface area contributed by atoms with Crippen molar-refractivity contribution in [1.29, 1.82) is 0 Å². The van der Waals surface area contributed by atoms with Gasteiger partial charge in [0.05, 0.1) is 6.10 Å². The van der Waals surface area contributed by atoms with Crippen LogP contribution in [0.3, 0.4) is 0 Å². The first-order chi connectivity index (χ1) is 6.69. The molecule has 1 rings (SSSR count). The SMILES string of the molecule is COC(CN(C)C1CCOC1C)OC. The zero-order valence-electron chi connectivity index (χ0n) is 9.53. The number of methoxy groups -OCH3 is 2. The summed E-state index contributed by atoms with van der Waals surface area (Å²) in [7, 11) is 5.41. The van der Waals surface area contributed by atoms with Crippen molar-refractivity contribution in [1.82, 2.24) is 4.90 Å². The van der Waals surface area contributed by atoms with Gasteiger partial charge in [-0.3, -0.25) is 4.90 Å². The minimum Gasteiger partial charge on any atom is -0.377 e. The number of likely N-dealkylation sites (N-methyl/N-ethyl adjacent to an activating group) is 1. The Balaban J connectivity index is 2.36. The first kappa shape index (κ1) is 11.9. The number of rotatable bonds is 5. The molecule has 1 saturated heterocycles. The van der Waals surface area contributed by atoms with Crippen molar-refractivity contribution in [2.24, 2.45) is 0 Å². The number of hydrogen-bond donors (Lipinski definition) is 0. The molecular weight excluding hydrogens is 182 g/mol. The molecule has 0 aromatic carbocycles. The van der Waals surface area contributed by atoms with E-state index >= 15 is 0 Å². The quantitative estimate of drug-likeness (QED) is 0.616. The van der Waals surface area contributed by atoms with Crippen LogP contribution in [0.2, 0.25) is 0 Å². The van der Waals surface area contributed by atoms with Crippen LogP contribution in [-0.2, 0) is 14.2 Å². The average molecular weight is 203 g/mol. The maximum absolute atomic E-state index is 5.51. The van der Waals surface area contributed by atoms with E-state index in [-0.39, 0.29) is 6.29 Å². The molecule has 1 aliphatic heterocycles. The molecule has 1 aliphatic rings. The summed E-state index contributed by atoms with van der Waals surface area (Å²) in [4.78, 5) is 2.25. The van der Waals surface area contributed by atoms with E-state index in [0.717, 1.165) is 19.6 Å². The molecule has 0 aliphatic carbocycles. The number of nitrogens with zero attached hydrogens (tertiary/aromatic N) is 1. The Kier molecular flexibility index (Phi) is 4.81. The van der Waals surface area contributed by atoms with Crippen molar-refractivity contribution in [2.45, 2.75) is 31.8 Å². The lowest BCUT2D eigenvalue weighted by molar-refractivity contribution is -0.119. The Morgan fingerprint density at radius 1 is 1.43 bits per heavy atom. The summed E-state index contributed by atoms with van der Waals surface area (Å²) in [5.74, 6) is 0. The summed E-state index contributed by atoms with van der Waals surface area (Å²) in [5.41, 5.74) is 0. The van der Waals surface area contributed by atoms with E-state index in [4.69, 9.17) is 14.2 Å². The molecule has 0 spiro atoms. The van der Waals surface area contributed by atoms with E-state index in [0.29, 0.717) is 12.1 Å². The van der Waals surface area contributed by atoms with E-state index in [1.165, 1.54) is 0 Å². The van der Waals surface area contributed by atoms with Gasteiger partial charge in [-0.05, 0) is 20.4 Å². The van der Waals surface area contributed by atoms with Crippen molar-refractivity contribution in [3.63, 3.8) is 0 Å². The molecule has 14 heavy (non-hydrogen) atoms. The fraction of sp³-hybridized carbons (Fsp3) is 1.00. The molecule has 0 radical (unpaired) electrons. The highest BCUT2D eigenvalue weighted by Crippen LogP contribution is 2.18. The van der Waals surface area contributed by atoms with E-state index in [1.54, 1.807) is 14.2 Å². The minimum atomic E-state index is -0.146. The standard InChI is InChI=1S/C10H21NO3/c1-8-9(5-6-14-8)11(2)7-10(12-3)13-4/h8-10H,5-7H2,1-4H3. The molecule has 4 nitrogen and oxygen atoms in total. The average Bonchev–Trinajstić information content (AvgIpc) is 2.60. The van der Waals surface area contributed by atoms with Crippen LogP contribution in [-0.4, -0.2) is 57.8 Å². The van der Waals surface area contributed by atoms with Gasteiger partial charge in [0.2, 0.25) is 0 Å². The topological polar surface area (TPSA) is 30.9 Å². The lowest BCUT2D eigenvalue weighted by Crippen LogP contribution is -2.42. The zero-order chi connectivity index (χ0) is 10.6. The van der Waals surface area contributed by atoms with Gasteiger partial charge in [0.25, 0.3) is 0 Å². The van der Waals surface area contributed by atoms with Crippen molar-refractivity contribution in [3.05, 3.63) is 0 Å². The van der Waals surface area contributed by atoms with E-state index in [1.807, 2.05) is 0 Å². The minimum absolute atomic E-state index is 0.146. The molecule has 4 heteroatoms. The molecule has 0 amide bonds. The zero-order valence-corrected chi connectivity index (χ0v) is 9.53. The van der Waals surface area contributed by atoms with Gasteiger partial charge in [-0.1, -0.05) is 0 Å².